The Hall–Kier alpha value is -1.41. The summed E-state index contributed by atoms with van der Waals surface area (Å²) in [7, 11) is 0. The van der Waals surface area contributed by atoms with Crippen LogP contribution in [-0.2, 0) is 4.79 Å². The third kappa shape index (κ3) is 1.51. The molecule has 0 N–H and O–H groups in total. The highest BCUT2D eigenvalue weighted by Gasteiger charge is 1.93. The van der Waals surface area contributed by atoms with E-state index < -0.39 is 0 Å². The fourth-order valence-electron chi connectivity index (χ4n) is 0.436. The zero-order valence-electron chi connectivity index (χ0n) is 4.69. The van der Waals surface area contributed by atoms with E-state index in [2.05, 4.69) is 16.1 Å². The Kier molecular flexibility index (Phi) is 1.77. The van der Waals surface area contributed by atoms with Crippen LogP contribution in [-0.4, -0.2) is 17.8 Å². The van der Waals surface area contributed by atoms with Crippen LogP contribution < -0.4 is 0 Å². The lowest BCUT2D eigenvalue weighted by Crippen LogP contribution is -2.11. The molecule has 9 heavy (non-hydrogen) atoms. The van der Waals surface area contributed by atoms with Crippen LogP contribution in [0.25, 0.3) is 0 Å². The van der Waals surface area contributed by atoms with Crippen LogP contribution in [0.1, 0.15) is 0 Å². The molecule has 1 aliphatic heterocycles. The van der Waals surface area contributed by atoms with Gasteiger partial charge in [0.2, 0.25) is 0 Å². The van der Waals surface area contributed by atoms with Crippen LogP contribution in [0.15, 0.2) is 28.5 Å². The molecule has 0 saturated heterocycles. The molecule has 1 heterocycles. The molecule has 4 nitrogen and oxygen atoms in total. The first-order valence-corrected chi connectivity index (χ1v) is 2.45. The average Bonchev–Trinajstić information content (AvgIpc) is 1.91. The van der Waals surface area contributed by atoms with E-state index in [1.807, 2.05) is 0 Å². The molecule has 0 aromatic carbocycles. The second-order valence-electron chi connectivity index (χ2n) is 1.42. The van der Waals surface area contributed by atoms with Crippen molar-refractivity contribution in [3.05, 3.63) is 18.1 Å². The number of aldehydes is 1. The van der Waals surface area contributed by atoms with E-state index in [4.69, 9.17) is 0 Å². The summed E-state index contributed by atoms with van der Waals surface area (Å²) < 4.78 is 0. The molecule has 0 amide bonds. The molecular formula is C5H5N3O. The van der Waals surface area contributed by atoms with Gasteiger partial charge < -0.3 is 4.79 Å². The fraction of sp³-hybridized carbons (Fsp3) is 0.200. The Morgan fingerprint density at radius 1 is 1.78 bits per heavy atom. The molecule has 4 heteroatoms. The number of carbonyl (C=O) groups excluding carboxylic acids is 1. The summed E-state index contributed by atoms with van der Waals surface area (Å²) in [5.41, 5.74) is 2.68. The molecule has 0 atom stereocenters. The zero-order chi connectivity index (χ0) is 6.53. The highest BCUT2D eigenvalue weighted by Crippen LogP contribution is 1.94. The molecule has 0 bridgehead atoms. The molecule has 0 spiro atoms. The van der Waals surface area contributed by atoms with Crippen molar-refractivity contribution in [1.82, 2.24) is 5.01 Å². The van der Waals surface area contributed by atoms with Crippen molar-refractivity contribution in [2.75, 3.05) is 6.54 Å². The quantitative estimate of drug-likeness (QED) is 0.396. The van der Waals surface area contributed by atoms with Crippen molar-refractivity contribution in [3.63, 3.8) is 0 Å². The minimum Gasteiger partial charge on any atom is -0.301 e. The van der Waals surface area contributed by atoms with E-state index in [1.54, 1.807) is 6.20 Å². The SMILES string of the molecule is O=CCN1C=C=CN=N1. The third-order valence-corrected chi connectivity index (χ3v) is 0.784. The first-order chi connectivity index (χ1) is 4.43. The molecule has 1 aliphatic rings. The van der Waals surface area contributed by atoms with Crippen LogP contribution in [0.4, 0.5) is 0 Å². The molecule has 0 unspecified atom stereocenters. The summed E-state index contributed by atoms with van der Waals surface area (Å²) in [6, 6.07) is 0. The predicted octanol–water partition coefficient (Wildman–Crippen LogP) is 0.494. The summed E-state index contributed by atoms with van der Waals surface area (Å²) >= 11 is 0. The first kappa shape index (κ1) is 5.72. The largest absolute Gasteiger partial charge is 0.301 e. The lowest BCUT2D eigenvalue weighted by Gasteiger charge is -2.06. The van der Waals surface area contributed by atoms with Gasteiger partial charge in [0, 0.05) is 0 Å². The monoisotopic (exact) mass is 123 g/mol. The van der Waals surface area contributed by atoms with Crippen LogP contribution in [0, 0.1) is 0 Å². The molecule has 0 saturated carbocycles. The van der Waals surface area contributed by atoms with E-state index in [0.717, 1.165) is 6.29 Å². The second kappa shape index (κ2) is 2.79. The van der Waals surface area contributed by atoms with Gasteiger partial charge in [-0.05, 0) is 0 Å². The molecule has 0 aromatic rings. The van der Waals surface area contributed by atoms with Gasteiger partial charge in [0.15, 0.2) is 0 Å². The van der Waals surface area contributed by atoms with Crippen molar-refractivity contribution >= 4 is 6.29 Å². The number of hydrogen-bond donors (Lipinski definition) is 0. The maximum absolute atomic E-state index is 9.87. The Morgan fingerprint density at radius 2 is 2.67 bits per heavy atom. The Morgan fingerprint density at radius 3 is 3.22 bits per heavy atom. The van der Waals surface area contributed by atoms with Crippen molar-refractivity contribution in [1.29, 1.82) is 0 Å². The van der Waals surface area contributed by atoms with Gasteiger partial charge in [0.05, 0.1) is 18.9 Å². The lowest BCUT2D eigenvalue weighted by molar-refractivity contribution is -0.108. The fourth-order valence-corrected chi connectivity index (χ4v) is 0.436. The number of nitrogens with zero attached hydrogens (tertiary/aromatic N) is 3. The Labute approximate surface area is 52.2 Å². The van der Waals surface area contributed by atoms with E-state index in [0.29, 0.717) is 0 Å². The Balaban J connectivity index is 2.54. The van der Waals surface area contributed by atoms with Gasteiger partial charge >= 0.3 is 0 Å². The van der Waals surface area contributed by atoms with Crippen molar-refractivity contribution in [2.24, 2.45) is 10.3 Å². The third-order valence-electron chi connectivity index (χ3n) is 0.784. The van der Waals surface area contributed by atoms with Gasteiger partial charge in [-0.1, -0.05) is 11.0 Å². The normalized spacial score (nSPS) is 14.4. The van der Waals surface area contributed by atoms with E-state index >= 15 is 0 Å². The molecule has 1 rings (SSSR count). The second-order valence-corrected chi connectivity index (χ2v) is 1.42. The van der Waals surface area contributed by atoms with Gasteiger partial charge in [-0.2, -0.15) is 0 Å². The van der Waals surface area contributed by atoms with E-state index in [1.165, 1.54) is 11.2 Å². The summed E-state index contributed by atoms with van der Waals surface area (Å²) in [5.74, 6) is 0. The summed E-state index contributed by atoms with van der Waals surface area (Å²) in [4.78, 5) is 9.87. The predicted molar refractivity (Wildman–Crippen MR) is 30.3 cm³/mol. The van der Waals surface area contributed by atoms with Crippen LogP contribution >= 0.6 is 0 Å². The maximum Gasteiger partial charge on any atom is 0.141 e. The average molecular weight is 123 g/mol. The smallest absolute Gasteiger partial charge is 0.141 e. The molecule has 0 fully saturated rings. The molecule has 0 aliphatic carbocycles. The summed E-state index contributed by atoms with van der Waals surface area (Å²) in [6.45, 7) is 0.240. The van der Waals surface area contributed by atoms with Crippen LogP contribution in [0.3, 0.4) is 0 Å². The Bertz CT molecular complexity index is 190. The van der Waals surface area contributed by atoms with Gasteiger partial charge in [0.1, 0.15) is 6.29 Å². The maximum atomic E-state index is 9.87. The first-order valence-electron chi connectivity index (χ1n) is 2.45. The molecular weight excluding hydrogens is 118 g/mol. The molecule has 0 aromatic heterocycles. The highest BCUT2D eigenvalue weighted by molar-refractivity contribution is 5.52. The molecule has 46 valence electrons. The summed E-state index contributed by atoms with van der Waals surface area (Å²) in [6.07, 6.45) is 3.74. The van der Waals surface area contributed by atoms with Crippen LogP contribution in [0.2, 0.25) is 0 Å². The molecule has 0 radical (unpaired) electrons. The van der Waals surface area contributed by atoms with Gasteiger partial charge in [-0.25, -0.2) is 5.01 Å². The highest BCUT2D eigenvalue weighted by atomic mass is 16.1. The number of rotatable bonds is 2. The topological polar surface area (TPSA) is 45.0 Å². The minimum absolute atomic E-state index is 0.240. The standard InChI is InChI=1S/C5H5N3O/c9-5-4-8-3-1-2-6-7-8/h2-3,5H,4H2. The minimum atomic E-state index is 0.240. The van der Waals surface area contributed by atoms with Crippen molar-refractivity contribution in [3.8, 4) is 0 Å². The van der Waals surface area contributed by atoms with E-state index in [9.17, 15) is 4.79 Å². The zero-order valence-corrected chi connectivity index (χ0v) is 4.69. The van der Waals surface area contributed by atoms with E-state index in [-0.39, 0.29) is 6.54 Å². The summed E-state index contributed by atoms with van der Waals surface area (Å²) in [5, 5.41) is 8.47. The van der Waals surface area contributed by atoms with Crippen molar-refractivity contribution in [2.45, 2.75) is 0 Å². The van der Waals surface area contributed by atoms with Gasteiger partial charge in [-0.15, -0.1) is 5.11 Å². The number of carbonyl (C=O) groups is 1. The number of hydrogen-bond acceptors (Lipinski definition) is 4. The van der Waals surface area contributed by atoms with Gasteiger partial charge in [0.25, 0.3) is 0 Å². The van der Waals surface area contributed by atoms with Crippen molar-refractivity contribution < 1.29 is 4.79 Å². The van der Waals surface area contributed by atoms with Gasteiger partial charge in [-0.3, -0.25) is 0 Å². The van der Waals surface area contributed by atoms with Crippen LogP contribution in [0.5, 0.6) is 0 Å². The lowest BCUT2D eigenvalue weighted by atomic mass is 10.6.